The van der Waals surface area contributed by atoms with Crippen molar-refractivity contribution in [1.29, 1.82) is 0 Å². The third kappa shape index (κ3) is 5.86. The van der Waals surface area contributed by atoms with Crippen LogP contribution in [0.3, 0.4) is 0 Å². The van der Waals surface area contributed by atoms with E-state index in [-0.39, 0.29) is 24.0 Å². The zero-order valence-electron chi connectivity index (χ0n) is 19.5. The van der Waals surface area contributed by atoms with Gasteiger partial charge in [-0.2, -0.15) is 4.98 Å². The number of piperazine rings is 1. The lowest BCUT2D eigenvalue weighted by Gasteiger charge is -2.36. The number of rotatable bonds is 6. The number of benzene rings is 1. The van der Waals surface area contributed by atoms with E-state index < -0.39 is 9.84 Å². The van der Waals surface area contributed by atoms with Gasteiger partial charge in [0.05, 0.1) is 28.3 Å². The first-order valence-electron chi connectivity index (χ1n) is 11.7. The molecule has 1 aromatic carbocycles. The van der Waals surface area contributed by atoms with Crippen LogP contribution < -0.4 is 10.2 Å². The third-order valence-corrected chi connectivity index (χ3v) is 9.57. The molecule has 0 radical (unpaired) electrons. The van der Waals surface area contributed by atoms with Crippen molar-refractivity contribution in [2.75, 3.05) is 67.5 Å². The molecule has 13 heteroatoms. The van der Waals surface area contributed by atoms with Crippen LogP contribution in [0.15, 0.2) is 29.6 Å². The van der Waals surface area contributed by atoms with Crippen molar-refractivity contribution in [3.8, 4) is 0 Å². The van der Waals surface area contributed by atoms with Crippen LogP contribution >= 0.6 is 34.5 Å². The predicted molar refractivity (Wildman–Crippen MR) is 145 cm³/mol. The maximum absolute atomic E-state index is 12.8. The van der Waals surface area contributed by atoms with Gasteiger partial charge in [-0.25, -0.2) is 13.4 Å². The fourth-order valence-electron chi connectivity index (χ4n) is 4.31. The Labute approximate surface area is 223 Å². The monoisotopic (exact) mass is 568 g/mol. The van der Waals surface area contributed by atoms with Gasteiger partial charge in [0.25, 0.3) is 0 Å². The molecule has 4 heterocycles. The smallest absolute Gasteiger partial charge is 0.236 e. The molecule has 0 aliphatic carbocycles. The van der Waals surface area contributed by atoms with Crippen LogP contribution in [0.1, 0.15) is 5.56 Å². The SMILES string of the molecule is O=C(CN1CCS(=O)(=O)CC1)N1CCN(c2nc(NCc3ccc(Cl)cc3Cl)c3sccc3n2)CC1. The minimum absolute atomic E-state index is 0.0327. The van der Waals surface area contributed by atoms with Crippen LogP contribution in [0, 0.1) is 0 Å². The summed E-state index contributed by atoms with van der Waals surface area (Å²) >= 11 is 13.9. The Morgan fingerprint density at radius 2 is 1.78 bits per heavy atom. The molecular weight excluding hydrogens is 543 g/mol. The van der Waals surface area contributed by atoms with Crippen LogP contribution in [0.25, 0.3) is 10.2 Å². The second kappa shape index (κ2) is 10.7. The molecule has 1 N–H and O–H groups in total. The summed E-state index contributed by atoms with van der Waals surface area (Å²) in [4.78, 5) is 28.2. The van der Waals surface area contributed by atoms with Gasteiger partial charge in [-0.3, -0.25) is 9.69 Å². The molecule has 0 unspecified atom stereocenters. The van der Waals surface area contributed by atoms with E-state index in [0.29, 0.717) is 61.8 Å². The summed E-state index contributed by atoms with van der Waals surface area (Å²) < 4.78 is 24.2. The predicted octanol–water partition coefficient (Wildman–Crippen LogP) is 2.99. The minimum Gasteiger partial charge on any atom is -0.365 e. The molecule has 3 aromatic rings. The quantitative estimate of drug-likeness (QED) is 0.484. The number of anilines is 2. The number of carbonyl (C=O) groups is 1. The Kier molecular flexibility index (Phi) is 7.55. The van der Waals surface area contributed by atoms with Crippen molar-refractivity contribution in [2.45, 2.75) is 6.54 Å². The van der Waals surface area contributed by atoms with Gasteiger partial charge < -0.3 is 15.1 Å². The Balaban J connectivity index is 1.22. The Hall–Kier alpha value is -2.18. The highest BCUT2D eigenvalue weighted by Gasteiger charge is 2.27. The fraction of sp³-hybridized carbons (Fsp3) is 0.435. The number of hydrogen-bond donors (Lipinski definition) is 1. The number of halogens is 2. The molecular formula is C23H26Cl2N6O3S2. The first kappa shape index (κ1) is 25.5. The number of fused-ring (bicyclic) bond motifs is 1. The lowest BCUT2D eigenvalue weighted by Crippen LogP contribution is -2.53. The van der Waals surface area contributed by atoms with Crippen molar-refractivity contribution >= 4 is 72.3 Å². The molecule has 5 rings (SSSR count). The Morgan fingerprint density at radius 3 is 2.50 bits per heavy atom. The van der Waals surface area contributed by atoms with E-state index in [9.17, 15) is 13.2 Å². The highest BCUT2D eigenvalue weighted by Crippen LogP contribution is 2.30. The van der Waals surface area contributed by atoms with Gasteiger partial charge in [-0.15, -0.1) is 11.3 Å². The van der Waals surface area contributed by atoms with E-state index in [1.165, 1.54) is 0 Å². The van der Waals surface area contributed by atoms with Crippen LogP contribution in [0.2, 0.25) is 10.0 Å². The molecule has 1 amide bonds. The van der Waals surface area contributed by atoms with Gasteiger partial charge in [0.2, 0.25) is 11.9 Å². The van der Waals surface area contributed by atoms with E-state index in [2.05, 4.69) is 10.2 Å². The Morgan fingerprint density at radius 1 is 1.03 bits per heavy atom. The summed E-state index contributed by atoms with van der Waals surface area (Å²) in [5.41, 5.74) is 1.79. The van der Waals surface area contributed by atoms with E-state index >= 15 is 0 Å². The van der Waals surface area contributed by atoms with E-state index in [1.54, 1.807) is 17.4 Å². The lowest BCUT2D eigenvalue weighted by atomic mass is 10.2. The summed E-state index contributed by atoms with van der Waals surface area (Å²) in [6.07, 6.45) is 0. The number of amides is 1. The molecule has 36 heavy (non-hydrogen) atoms. The molecule has 0 bridgehead atoms. The summed E-state index contributed by atoms with van der Waals surface area (Å²) in [5, 5.41) is 6.58. The molecule has 2 fully saturated rings. The van der Waals surface area contributed by atoms with Gasteiger partial charge in [-0.05, 0) is 29.1 Å². The first-order chi connectivity index (χ1) is 17.3. The van der Waals surface area contributed by atoms with Gasteiger partial charge in [0, 0.05) is 55.9 Å². The number of hydrogen-bond acceptors (Lipinski definition) is 9. The normalized spacial score (nSPS) is 18.5. The molecule has 9 nitrogen and oxygen atoms in total. The van der Waals surface area contributed by atoms with Crippen molar-refractivity contribution in [3.63, 3.8) is 0 Å². The van der Waals surface area contributed by atoms with Gasteiger partial charge in [0.15, 0.2) is 9.84 Å². The van der Waals surface area contributed by atoms with Crippen molar-refractivity contribution < 1.29 is 13.2 Å². The third-order valence-electron chi connectivity index (χ3n) is 6.46. The van der Waals surface area contributed by atoms with Crippen LogP contribution in [0.4, 0.5) is 11.8 Å². The highest BCUT2D eigenvalue weighted by molar-refractivity contribution is 7.91. The van der Waals surface area contributed by atoms with Crippen molar-refractivity contribution in [2.24, 2.45) is 0 Å². The number of thiophene rings is 1. The first-order valence-corrected chi connectivity index (χ1v) is 15.1. The fourth-order valence-corrected chi connectivity index (χ4v) is 6.86. The molecule has 0 atom stereocenters. The Bertz CT molecular complexity index is 1360. The van der Waals surface area contributed by atoms with E-state index in [4.69, 9.17) is 33.2 Å². The van der Waals surface area contributed by atoms with Crippen molar-refractivity contribution in [3.05, 3.63) is 45.3 Å². The average Bonchev–Trinajstić information content (AvgIpc) is 3.34. The molecule has 0 saturated carbocycles. The van der Waals surface area contributed by atoms with Crippen LogP contribution in [-0.4, -0.2) is 91.4 Å². The van der Waals surface area contributed by atoms with Crippen molar-refractivity contribution in [1.82, 2.24) is 19.8 Å². The molecule has 2 aliphatic heterocycles. The zero-order chi connectivity index (χ0) is 25.3. The molecule has 192 valence electrons. The summed E-state index contributed by atoms with van der Waals surface area (Å²) in [6, 6.07) is 7.40. The lowest BCUT2D eigenvalue weighted by molar-refractivity contribution is -0.132. The second-order valence-corrected chi connectivity index (χ2v) is 13.0. The maximum Gasteiger partial charge on any atom is 0.236 e. The maximum atomic E-state index is 12.8. The largest absolute Gasteiger partial charge is 0.365 e. The van der Waals surface area contributed by atoms with Gasteiger partial charge >= 0.3 is 0 Å². The highest BCUT2D eigenvalue weighted by atomic mass is 35.5. The van der Waals surface area contributed by atoms with E-state index in [0.717, 1.165) is 21.6 Å². The topological polar surface area (TPSA) is 98.7 Å². The molecule has 2 saturated heterocycles. The summed E-state index contributed by atoms with van der Waals surface area (Å²) in [5.74, 6) is 1.65. The number of nitrogens with zero attached hydrogens (tertiary/aromatic N) is 5. The summed E-state index contributed by atoms with van der Waals surface area (Å²) in [6.45, 7) is 3.97. The second-order valence-electron chi connectivity index (χ2n) is 8.89. The molecule has 2 aliphatic rings. The van der Waals surface area contributed by atoms with Crippen LogP contribution in [-0.2, 0) is 21.2 Å². The standard InChI is InChI=1S/C23H26Cl2N6O3S2/c24-17-2-1-16(18(25)13-17)14-26-22-21-19(3-10-35-21)27-23(28-22)31-6-4-30(5-7-31)20(32)15-29-8-11-36(33,34)12-9-29/h1-3,10,13H,4-9,11-12,14-15H2,(H,26,27,28). The molecule has 0 spiro atoms. The number of carbonyl (C=O) groups excluding carboxylic acids is 1. The summed E-state index contributed by atoms with van der Waals surface area (Å²) in [7, 11) is -2.96. The molecule has 2 aromatic heterocycles. The zero-order valence-corrected chi connectivity index (χ0v) is 22.6. The van der Waals surface area contributed by atoms with Gasteiger partial charge in [0.1, 0.15) is 5.82 Å². The number of aromatic nitrogens is 2. The average molecular weight is 570 g/mol. The van der Waals surface area contributed by atoms with Gasteiger partial charge in [-0.1, -0.05) is 29.3 Å². The minimum atomic E-state index is -2.96. The number of sulfone groups is 1. The van der Waals surface area contributed by atoms with Crippen LogP contribution in [0.5, 0.6) is 0 Å². The van der Waals surface area contributed by atoms with E-state index in [1.807, 2.05) is 33.4 Å². The number of nitrogens with one attached hydrogen (secondary N) is 1.